The highest BCUT2D eigenvalue weighted by Crippen LogP contribution is 2.37. The number of carbonyl (C=O) groups excluding carboxylic acids is 2. The minimum Gasteiger partial charge on any atom is -0.465 e. The lowest BCUT2D eigenvalue weighted by Gasteiger charge is -2.12. The maximum Gasteiger partial charge on any atom is 0.338 e. The van der Waals surface area contributed by atoms with Gasteiger partial charge in [0, 0.05) is 17.7 Å². The zero-order valence-corrected chi connectivity index (χ0v) is 15.1. The Morgan fingerprint density at radius 3 is 2.52 bits per heavy atom. The summed E-state index contributed by atoms with van der Waals surface area (Å²) in [6.45, 7) is 0. The molecule has 0 aliphatic rings. The monoisotopic (exact) mass is 416 g/mol. The average molecular weight is 417 g/mol. The number of nitro benzene ring substituents is 1. The third-order valence-electron chi connectivity index (χ3n) is 3.23. The second-order valence-corrected chi connectivity index (χ2v) is 6.37. The number of amides is 1. The number of halogens is 3. The van der Waals surface area contributed by atoms with E-state index < -0.39 is 28.2 Å². The highest BCUT2D eigenvalue weighted by Gasteiger charge is 2.20. The van der Waals surface area contributed by atoms with Gasteiger partial charge in [-0.2, -0.15) is 8.78 Å². The summed E-state index contributed by atoms with van der Waals surface area (Å²) in [5.41, 5.74) is -0.928. The number of thioether (sulfide) groups is 1. The highest BCUT2D eigenvalue weighted by molar-refractivity contribution is 7.99. The summed E-state index contributed by atoms with van der Waals surface area (Å²) >= 11 is 6.05. The molecule has 0 heterocycles. The minimum absolute atomic E-state index is 0.00363. The van der Waals surface area contributed by atoms with Crippen molar-refractivity contribution >= 4 is 46.6 Å². The van der Waals surface area contributed by atoms with Crippen LogP contribution >= 0.6 is 23.4 Å². The second kappa shape index (κ2) is 8.78. The zero-order valence-electron chi connectivity index (χ0n) is 13.6. The quantitative estimate of drug-likeness (QED) is 0.320. The lowest BCUT2D eigenvalue weighted by molar-refractivity contribution is -0.384. The number of non-ortho nitro benzene ring substituents is 1. The number of hydrogen-bond donors (Lipinski definition) is 1. The van der Waals surface area contributed by atoms with Crippen molar-refractivity contribution in [1.29, 1.82) is 0 Å². The Morgan fingerprint density at radius 2 is 1.93 bits per heavy atom. The van der Waals surface area contributed by atoms with Gasteiger partial charge < -0.3 is 10.1 Å². The molecule has 11 heteroatoms. The molecule has 0 aliphatic heterocycles. The molecule has 2 aromatic carbocycles. The van der Waals surface area contributed by atoms with Gasteiger partial charge in [0.25, 0.3) is 17.4 Å². The molecule has 142 valence electrons. The van der Waals surface area contributed by atoms with E-state index in [0.29, 0.717) is 0 Å². The Balaban J connectivity index is 2.42. The van der Waals surface area contributed by atoms with E-state index in [-0.39, 0.29) is 38.5 Å². The molecule has 1 N–H and O–H groups in total. The first-order chi connectivity index (χ1) is 12.7. The van der Waals surface area contributed by atoms with Crippen molar-refractivity contribution in [1.82, 2.24) is 0 Å². The Labute approximate surface area is 160 Å². The highest BCUT2D eigenvalue weighted by atomic mass is 35.5. The van der Waals surface area contributed by atoms with Crippen LogP contribution in [-0.4, -0.2) is 29.7 Å². The predicted octanol–water partition coefficient (Wildman–Crippen LogP) is 4.60. The minimum atomic E-state index is -2.77. The van der Waals surface area contributed by atoms with Crippen molar-refractivity contribution < 1.29 is 28.0 Å². The molecule has 1 amide bonds. The van der Waals surface area contributed by atoms with Crippen molar-refractivity contribution in [3.63, 3.8) is 0 Å². The van der Waals surface area contributed by atoms with Crippen molar-refractivity contribution in [2.24, 2.45) is 0 Å². The molecular formula is C16H11ClF2N2O5S. The van der Waals surface area contributed by atoms with Crippen LogP contribution in [0.5, 0.6) is 0 Å². The number of rotatable bonds is 6. The molecule has 0 radical (unpaired) electrons. The van der Waals surface area contributed by atoms with Gasteiger partial charge in [0.2, 0.25) is 0 Å². The average Bonchev–Trinajstić information content (AvgIpc) is 2.63. The Hall–Kier alpha value is -2.72. The van der Waals surface area contributed by atoms with Crippen LogP contribution in [0.2, 0.25) is 5.02 Å². The lowest BCUT2D eigenvalue weighted by atomic mass is 10.1. The molecule has 7 nitrogen and oxygen atoms in total. The first kappa shape index (κ1) is 20.6. The molecule has 2 aromatic rings. The summed E-state index contributed by atoms with van der Waals surface area (Å²) in [4.78, 5) is 34.3. The van der Waals surface area contributed by atoms with Gasteiger partial charge in [-0.25, -0.2) is 4.79 Å². The maximum absolute atomic E-state index is 12.7. The van der Waals surface area contributed by atoms with E-state index in [2.05, 4.69) is 10.1 Å². The predicted molar refractivity (Wildman–Crippen MR) is 95.7 cm³/mol. The Bertz CT molecular complexity index is 910. The van der Waals surface area contributed by atoms with Crippen LogP contribution in [0, 0.1) is 10.1 Å². The number of methoxy groups -OCH3 is 1. The van der Waals surface area contributed by atoms with Crippen LogP contribution in [0.3, 0.4) is 0 Å². The lowest BCUT2D eigenvalue weighted by Crippen LogP contribution is -2.14. The molecule has 2 rings (SSSR count). The van der Waals surface area contributed by atoms with E-state index in [9.17, 15) is 28.5 Å². The van der Waals surface area contributed by atoms with E-state index in [0.717, 1.165) is 25.3 Å². The number of hydrogen-bond acceptors (Lipinski definition) is 6. The SMILES string of the molecule is COC(=O)c1cc(C(=O)Nc2cccc(Cl)c2SC(F)F)cc([N+](=O)[O-])c1. The van der Waals surface area contributed by atoms with E-state index in [1.807, 2.05) is 0 Å². The van der Waals surface area contributed by atoms with Gasteiger partial charge in [0.15, 0.2) is 0 Å². The van der Waals surface area contributed by atoms with Crippen molar-refractivity contribution in [2.75, 3.05) is 12.4 Å². The normalized spacial score (nSPS) is 10.6. The van der Waals surface area contributed by atoms with Crippen molar-refractivity contribution in [2.45, 2.75) is 10.7 Å². The zero-order chi connectivity index (χ0) is 20.1. The molecule has 0 atom stereocenters. The van der Waals surface area contributed by atoms with Crippen LogP contribution in [0.4, 0.5) is 20.2 Å². The molecular weight excluding hydrogens is 406 g/mol. The number of ether oxygens (including phenoxy) is 1. The molecule has 0 aliphatic carbocycles. The van der Waals surface area contributed by atoms with E-state index in [1.165, 1.54) is 18.2 Å². The first-order valence-corrected chi connectivity index (χ1v) is 8.41. The Kier molecular flexibility index (Phi) is 6.70. The first-order valence-electron chi connectivity index (χ1n) is 7.15. The molecule has 0 saturated carbocycles. The van der Waals surface area contributed by atoms with Crippen molar-refractivity contribution in [3.05, 3.63) is 62.7 Å². The molecule has 0 unspecified atom stereocenters. The summed E-state index contributed by atoms with van der Waals surface area (Å²) in [5, 5.41) is 13.4. The standard InChI is InChI=1S/C16H11ClF2N2O5S/c1-26-15(23)9-5-8(6-10(7-9)21(24)25)14(22)20-12-4-2-3-11(17)13(12)27-16(18)19/h2-7,16H,1H3,(H,20,22). The number of benzene rings is 2. The van der Waals surface area contributed by atoms with Gasteiger partial charge >= 0.3 is 5.97 Å². The number of esters is 1. The molecule has 0 spiro atoms. The Morgan fingerprint density at radius 1 is 1.26 bits per heavy atom. The van der Waals surface area contributed by atoms with Crippen LogP contribution < -0.4 is 5.32 Å². The fourth-order valence-corrected chi connectivity index (χ4v) is 3.01. The van der Waals surface area contributed by atoms with Crippen LogP contribution in [-0.2, 0) is 4.74 Å². The summed E-state index contributed by atoms with van der Waals surface area (Å²) in [7, 11) is 1.08. The number of alkyl halides is 2. The number of carbonyl (C=O) groups is 2. The third-order valence-corrected chi connectivity index (χ3v) is 4.51. The fourth-order valence-electron chi connectivity index (χ4n) is 2.09. The van der Waals surface area contributed by atoms with E-state index in [4.69, 9.17) is 11.6 Å². The number of nitro groups is 1. The number of nitrogens with one attached hydrogen (secondary N) is 1. The largest absolute Gasteiger partial charge is 0.465 e. The molecule has 27 heavy (non-hydrogen) atoms. The van der Waals surface area contributed by atoms with Gasteiger partial charge in [-0.1, -0.05) is 29.4 Å². The number of nitrogens with zero attached hydrogens (tertiary/aromatic N) is 1. The van der Waals surface area contributed by atoms with Crippen LogP contribution in [0.1, 0.15) is 20.7 Å². The molecule has 0 fully saturated rings. The molecule has 0 aromatic heterocycles. The molecule has 0 saturated heterocycles. The fraction of sp³-hybridized carbons (Fsp3) is 0.125. The van der Waals surface area contributed by atoms with E-state index >= 15 is 0 Å². The van der Waals surface area contributed by atoms with Gasteiger partial charge in [-0.05, 0) is 18.2 Å². The van der Waals surface area contributed by atoms with Gasteiger partial charge in [-0.15, -0.1) is 0 Å². The third kappa shape index (κ3) is 5.14. The second-order valence-electron chi connectivity index (χ2n) is 4.97. The van der Waals surface area contributed by atoms with Gasteiger partial charge in [0.1, 0.15) is 0 Å². The molecule has 0 bridgehead atoms. The van der Waals surface area contributed by atoms with E-state index in [1.54, 1.807) is 0 Å². The summed E-state index contributed by atoms with van der Waals surface area (Å²) in [5.74, 6) is -4.49. The smallest absolute Gasteiger partial charge is 0.338 e. The summed E-state index contributed by atoms with van der Waals surface area (Å²) in [6, 6.07) is 7.18. The maximum atomic E-state index is 12.7. The van der Waals surface area contributed by atoms with Gasteiger partial charge in [-0.3, -0.25) is 14.9 Å². The summed E-state index contributed by atoms with van der Waals surface area (Å²) in [6.07, 6.45) is 0. The van der Waals surface area contributed by atoms with Crippen LogP contribution in [0.15, 0.2) is 41.3 Å². The number of anilines is 1. The summed E-state index contributed by atoms with van der Waals surface area (Å²) < 4.78 is 30.0. The van der Waals surface area contributed by atoms with Crippen LogP contribution in [0.25, 0.3) is 0 Å². The topological polar surface area (TPSA) is 98.5 Å². The van der Waals surface area contributed by atoms with Gasteiger partial charge in [0.05, 0.1) is 33.2 Å². The van der Waals surface area contributed by atoms with Crippen molar-refractivity contribution in [3.8, 4) is 0 Å².